The van der Waals surface area contributed by atoms with Gasteiger partial charge in [0.1, 0.15) is 23.9 Å². The van der Waals surface area contributed by atoms with Gasteiger partial charge in [0.2, 0.25) is 0 Å². The van der Waals surface area contributed by atoms with Crippen LogP contribution in [0, 0.1) is 5.82 Å². The van der Waals surface area contributed by atoms with Crippen molar-refractivity contribution < 1.29 is 23.1 Å². The van der Waals surface area contributed by atoms with Crippen molar-refractivity contribution in [3.8, 4) is 5.75 Å². The van der Waals surface area contributed by atoms with Crippen LogP contribution in [0.15, 0.2) is 65.1 Å². The Bertz CT molecular complexity index is 959. The molecule has 0 fully saturated rings. The summed E-state index contributed by atoms with van der Waals surface area (Å²) in [7, 11) is 0. The highest BCUT2D eigenvalue weighted by molar-refractivity contribution is 6.31. The van der Waals surface area contributed by atoms with Crippen LogP contribution in [0.1, 0.15) is 26.7 Å². The van der Waals surface area contributed by atoms with E-state index in [4.69, 9.17) is 20.8 Å². The molecule has 0 atom stereocenters. The Morgan fingerprint density at radius 2 is 1.74 bits per heavy atom. The van der Waals surface area contributed by atoms with Gasteiger partial charge in [-0.1, -0.05) is 29.8 Å². The second-order valence-corrected chi connectivity index (χ2v) is 5.84. The first kappa shape index (κ1) is 18.5. The van der Waals surface area contributed by atoms with Gasteiger partial charge in [0, 0.05) is 5.02 Å². The zero-order valence-corrected chi connectivity index (χ0v) is 14.6. The van der Waals surface area contributed by atoms with Crippen LogP contribution in [0.5, 0.6) is 5.75 Å². The van der Waals surface area contributed by atoms with Crippen LogP contribution in [0.25, 0.3) is 0 Å². The number of halogens is 2. The minimum absolute atomic E-state index is 0.0338. The van der Waals surface area contributed by atoms with Crippen molar-refractivity contribution in [2.45, 2.75) is 6.61 Å². The van der Waals surface area contributed by atoms with E-state index >= 15 is 0 Å². The van der Waals surface area contributed by atoms with Crippen LogP contribution in [0.4, 0.5) is 4.39 Å². The molecule has 0 aliphatic heterocycles. The van der Waals surface area contributed by atoms with Gasteiger partial charge in [0.25, 0.3) is 5.91 Å². The number of hydrogen-bond acceptors (Lipinski definition) is 4. The molecule has 0 radical (unpaired) electrons. The maximum Gasteiger partial charge on any atom is 0.305 e. The number of hydrogen-bond donors (Lipinski definition) is 2. The van der Waals surface area contributed by atoms with E-state index in [-0.39, 0.29) is 23.0 Å². The number of ether oxygens (including phenoxy) is 1. The molecular weight excluding hydrogens is 375 g/mol. The Kier molecular flexibility index (Phi) is 5.73. The Balaban J connectivity index is 1.55. The third-order valence-electron chi connectivity index (χ3n) is 3.47. The van der Waals surface area contributed by atoms with E-state index in [9.17, 15) is 14.0 Å². The van der Waals surface area contributed by atoms with E-state index in [0.29, 0.717) is 11.5 Å². The van der Waals surface area contributed by atoms with Gasteiger partial charge < -0.3 is 9.15 Å². The highest BCUT2D eigenvalue weighted by atomic mass is 35.5. The standard InChI is InChI=1S/C19H14ClFN2O4/c20-12-6-8-16(21)15(10-12)18(24)22-23-19(25)17-9-7-14(27-17)11-26-13-4-2-1-3-5-13/h1-10H,11H2,(H,22,24)(H,23,25). The van der Waals surface area contributed by atoms with Crippen LogP contribution >= 0.6 is 11.6 Å². The lowest BCUT2D eigenvalue weighted by atomic mass is 10.2. The van der Waals surface area contributed by atoms with Crippen LogP contribution in [0.3, 0.4) is 0 Å². The predicted molar refractivity (Wildman–Crippen MR) is 95.8 cm³/mol. The lowest BCUT2D eigenvalue weighted by Gasteiger charge is -2.07. The summed E-state index contributed by atoms with van der Waals surface area (Å²) in [6.45, 7) is 0.136. The van der Waals surface area contributed by atoms with Gasteiger partial charge in [0.05, 0.1) is 5.56 Å². The Labute approximate surface area is 158 Å². The summed E-state index contributed by atoms with van der Waals surface area (Å²) in [5.74, 6) is -1.25. The molecule has 0 unspecified atom stereocenters. The summed E-state index contributed by atoms with van der Waals surface area (Å²) in [4.78, 5) is 24.0. The van der Waals surface area contributed by atoms with E-state index in [1.54, 1.807) is 18.2 Å². The average Bonchev–Trinajstić information content (AvgIpc) is 3.16. The van der Waals surface area contributed by atoms with Gasteiger partial charge in [-0.15, -0.1) is 0 Å². The van der Waals surface area contributed by atoms with E-state index in [1.165, 1.54) is 12.1 Å². The molecule has 1 heterocycles. The number of amides is 2. The van der Waals surface area contributed by atoms with Crippen LogP contribution in [0.2, 0.25) is 5.02 Å². The van der Waals surface area contributed by atoms with E-state index in [2.05, 4.69) is 10.9 Å². The van der Waals surface area contributed by atoms with Gasteiger partial charge in [-0.05, 0) is 42.5 Å². The molecule has 0 aliphatic rings. The van der Waals surface area contributed by atoms with Gasteiger partial charge in [-0.3, -0.25) is 20.4 Å². The molecular formula is C19H14ClFN2O4. The lowest BCUT2D eigenvalue weighted by Crippen LogP contribution is -2.41. The molecule has 0 aliphatic carbocycles. The van der Waals surface area contributed by atoms with Crippen molar-refractivity contribution in [3.63, 3.8) is 0 Å². The SMILES string of the molecule is O=C(NNC(=O)c1cc(Cl)ccc1F)c1ccc(COc2ccccc2)o1. The molecule has 0 saturated heterocycles. The zero-order chi connectivity index (χ0) is 19.2. The first-order chi connectivity index (χ1) is 13.0. The number of hydrazine groups is 1. The van der Waals surface area contributed by atoms with Crippen molar-refractivity contribution in [1.82, 2.24) is 10.9 Å². The van der Waals surface area contributed by atoms with Crippen molar-refractivity contribution in [2.75, 3.05) is 0 Å². The normalized spacial score (nSPS) is 10.3. The smallest absolute Gasteiger partial charge is 0.305 e. The summed E-state index contributed by atoms with van der Waals surface area (Å²) in [5.41, 5.74) is 3.96. The third kappa shape index (κ3) is 4.86. The van der Waals surface area contributed by atoms with Gasteiger partial charge in [0.15, 0.2) is 5.76 Å². The topological polar surface area (TPSA) is 80.6 Å². The predicted octanol–water partition coefficient (Wildman–Crippen LogP) is 3.73. The van der Waals surface area contributed by atoms with Crippen LogP contribution in [-0.4, -0.2) is 11.8 Å². The summed E-state index contributed by atoms with van der Waals surface area (Å²) in [6.07, 6.45) is 0. The highest BCUT2D eigenvalue weighted by Gasteiger charge is 2.16. The van der Waals surface area contributed by atoms with E-state index in [1.807, 2.05) is 18.2 Å². The van der Waals surface area contributed by atoms with Gasteiger partial charge in [-0.2, -0.15) is 0 Å². The molecule has 2 amide bonds. The Hall–Kier alpha value is -3.32. The maximum atomic E-state index is 13.6. The number of furan rings is 1. The van der Waals surface area contributed by atoms with Crippen LogP contribution < -0.4 is 15.6 Å². The summed E-state index contributed by atoms with van der Waals surface area (Å²) in [6, 6.07) is 15.7. The molecule has 0 bridgehead atoms. The van der Waals surface area contributed by atoms with Crippen molar-refractivity contribution in [1.29, 1.82) is 0 Å². The molecule has 0 spiro atoms. The molecule has 6 nitrogen and oxygen atoms in total. The van der Waals surface area contributed by atoms with Crippen LogP contribution in [-0.2, 0) is 6.61 Å². The molecule has 2 N–H and O–H groups in total. The van der Waals surface area contributed by atoms with Crippen molar-refractivity contribution in [3.05, 3.63) is 88.6 Å². The molecule has 0 saturated carbocycles. The fourth-order valence-electron chi connectivity index (χ4n) is 2.16. The number of benzene rings is 2. The number of para-hydroxylation sites is 1. The fourth-order valence-corrected chi connectivity index (χ4v) is 2.33. The molecule has 1 aromatic heterocycles. The Morgan fingerprint density at radius 3 is 2.52 bits per heavy atom. The number of carbonyl (C=O) groups excluding carboxylic acids is 2. The monoisotopic (exact) mass is 388 g/mol. The number of carbonyl (C=O) groups is 2. The van der Waals surface area contributed by atoms with Gasteiger partial charge >= 0.3 is 5.91 Å². The lowest BCUT2D eigenvalue weighted by molar-refractivity contribution is 0.0826. The van der Waals surface area contributed by atoms with Crippen molar-refractivity contribution >= 4 is 23.4 Å². The quantitative estimate of drug-likeness (QED) is 0.653. The minimum atomic E-state index is -0.845. The number of rotatable bonds is 5. The van der Waals surface area contributed by atoms with E-state index in [0.717, 1.165) is 12.1 Å². The molecule has 8 heteroatoms. The molecule has 138 valence electrons. The van der Waals surface area contributed by atoms with E-state index < -0.39 is 17.6 Å². The second kappa shape index (κ2) is 8.37. The molecule has 27 heavy (non-hydrogen) atoms. The largest absolute Gasteiger partial charge is 0.486 e. The summed E-state index contributed by atoms with van der Waals surface area (Å²) < 4.78 is 24.5. The first-order valence-electron chi connectivity index (χ1n) is 7.85. The first-order valence-corrected chi connectivity index (χ1v) is 8.23. The van der Waals surface area contributed by atoms with Gasteiger partial charge in [-0.25, -0.2) is 4.39 Å². The zero-order valence-electron chi connectivity index (χ0n) is 13.9. The average molecular weight is 389 g/mol. The van der Waals surface area contributed by atoms with Crippen molar-refractivity contribution in [2.24, 2.45) is 0 Å². The molecule has 3 rings (SSSR count). The molecule has 2 aromatic carbocycles. The Morgan fingerprint density at radius 1 is 1.00 bits per heavy atom. The minimum Gasteiger partial charge on any atom is -0.486 e. The fraction of sp³-hybridized carbons (Fsp3) is 0.0526. The summed E-state index contributed by atoms with van der Waals surface area (Å²) >= 11 is 5.74. The second-order valence-electron chi connectivity index (χ2n) is 5.40. The highest BCUT2D eigenvalue weighted by Crippen LogP contribution is 2.15. The maximum absolute atomic E-state index is 13.6. The third-order valence-corrected chi connectivity index (χ3v) is 3.71. The number of nitrogens with one attached hydrogen (secondary N) is 2. The molecule has 3 aromatic rings. The summed E-state index contributed by atoms with van der Waals surface area (Å²) in [5, 5.41) is 0.196.